The van der Waals surface area contributed by atoms with Gasteiger partial charge in [-0.3, -0.25) is 9.59 Å². The molecule has 4 amide bonds. The van der Waals surface area contributed by atoms with E-state index in [-0.39, 0.29) is 32.0 Å². The number of methoxy groups -OCH3 is 1. The van der Waals surface area contributed by atoms with E-state index in [1.165, 1.54) is 9.80 Å². The van der Waals surface area contributed by atoms with Crippen LogP contribution in [0.2, 0.25) is 0 Å². The molecule has 1 unspecified atom stereocenters. The number of nitrogens with zero attached hydrogens (tertiary/aromatic N) is 2. The van der Waals surface area contributed by atoms with Crippen LogP contribution in [0.4, 0.5) is 9.59 Å². The molecule has 50 heavy (non-hydrogen) atoms. The second-order valence-electron chi connectivity index (χ2n) is 12.6. The second kappa shape index (κ2) is 16.1. The highest BCUT2D eigenvalue weighted by Gasteiger charge is 2.42. The molecule has 3 atom stereocenters. The lowest BCUT2D eigenvalue weighted by atomic mass is 9.91. The van der Waals surface area contributed by atoms with E-state index in [1.807, 2.05) is 115 Å². The maximum absolute atomic E-state index is 14.4. The molecule has 9 nitrogen and oxygen atoms in total. The molecule has 256 valence electrons. The molecule has 4 aromatic rings. The lowest BCUT2D eigenvalue weighted by Crippen LogP contribution is -2.44. The Morgan fingerprint density at radius 1 is 0.700 bits per heavy atom. The summed E-state index contributed by atoms with van der Waals surface area (Å²) in [5.74, 6) is -0.858. The van der Waals surface area contributed by atoms with Crippen LogP contribution in [0.15, 0.2) is 127 Å². The summed E-state index contributed by atoms with van der Waals surface area (Å²) in [6.07, 6.45) is 1.99. The molecule has 0 aliphatic carbocycles. The van der Waals surface area contributed by atoms with Crippen molar-refractivity contribution in [3.8, 4) is 5.75 Å². The molecule has 9 heteroatoms. The standard InChI is InChI=1S/C41H40N2O7/c1-48-37-21-17-32(18-22-37)24-34(39(45)43-36(28-50-41(43)47)26-31-15-9-4-10-16-31)20-19-33(23-29-11-5-2-6-12-29)38(44)42-35(27-49-40(42)46)25-30-13-7-3-8-14-30/h2-18,20-22,33,35-36H,19,23-28H2,1H3/t33?,35-,36-/m0/s1. The van der Waals surface area contributed by atoms with Crippen LogP contribution < -0.4 is 4.74 Å². The van der Waals surface area contributed by atoms with Crippen molar-refractivity contribution in [2.75, 3.05) is 20.3 Å². The van der Waals surface area contributed by atoms with Crippen LogP contribution in [0, 0.1) is 5.92 Å². The molecular formula is C41H40N2O7. The SMILES string of the molecule is COc1ccc(CC(=CCC(Cc2ccccc2)C(=O)N2C(=O)OC[C@@H]2Cc2ccccc2)C(=O)N2C(=O)OC[C@@H]2Cc2ccccc2)cc1. The molecule has 0 spiro atoms. The van der Waals surface area contributed by atoms with E-state index in [1.54, 1.807) is 13.2 Å². The topological polar surface area (TPSA) is 102 Å². The summed E-state index contributed by atoms with van der Waals surface area (Å²) in [6.45, 7) is 0.193. The van der Waals surface area contributed by atoms with Gasteiger partial charge in [0, 0.05) is 17.9 Å². The largest absolute Gasteiger partial charge is 0.497 e. The predicted molar refractivity (Wildman–Crippen MR) is 187 cm³/mol. The number of amides is 4. The van der Waals surface area contributed by atoms with Crippen LogP contribution in [0.5, 0.6) is 5.75 Å². The number of ether oxygens (including phenoxy) is 3. The molecule has 0 saturated carbocycles. The van der Waals surface area contributed by atoms with Crippen LogP contribution in [0.25, 0.3) is 0 Å². The normalized spacial score (nSPS) is 18.1. The molecule has 2 aliphatic rings. The van der Waals surface area contributed by atoms with Crippen molar-refractivity contribution < 1.29 is 33.4 Å². The van der Waals surface area contributed by atoms with Gasteiger partial charge in [0.25, 0.3) is 5.91 Å². The minimum atomic E-state index is -0.697. The summed E-state index contributed by atoms with van der Waals surface area (Å²) < 4.78 is 16.1. The van der Waals surface area contributed by atoms with Gasteiger partial charge in [-0.2, -0.15) is 0 Å². The average molecular weight is 673 g/mol. The molecule has 4 aromatic carbocycles. The van der Waals surface area contributed by atoms with Gasteiger partial charge in [-0.05, 0) is 60.1 Å². The zero-order chi connectivity index (χ0) is 34.9. The molecular weight excluding hydrogens is 632 g/mol. The maximum atomic E-state index is 14.4. The van der Waals surface area contributed by atoms with Crippen LogP contribution in [0.3, 0.4) is 0 Å². The van der Waals surface area contributed by atoms with Gasteiger partial charge in [0.2, 0.25) is 5.91 Å². The van der Waals surface area contributed by atoms with E-state index in [4.69, 9.17) is 14.2 Å². The summed E-state index contributed by atoms with van der Waals surface area (Å²) in [6, 6.07) is 35.3. The van der Waals surface area contributed by atoms with Crippen molar-refractivity contribution in [3.05, 3.63) is 149 Å². The molecule has 0 aromatic heterocycles. The number of hydrogen-bond acceptors (Lipinski definition) is 7. The number of hydrogen-bond donors (Lipinski definition) is 0. The van der Waals surface area contributed by atoms with E-state index in [9.17, 15) is 19.2 Å². The zero-order valence-electron chi connectivity index (χ0n) is 28.0. The number of rotatable bonds is 13. The van der Waals surface area contributed by atoms with Crippen molar-refractivity contribution >= 4 is 24.0 Å². The molecule has 2 aliphatic heterocycles. The van der Waals surface area contributed by atoms with Crippen LogP contribution >= 0.6 is 0 Å². The van der Waals surface area contributed by atoms with Gasteiger partial charge in [-0.15, -0.1) is 0 Å². The Labute approximate surface area is 292 Å². The number of imide groups is 2. The van der Waals surface area contributed by atoms with E-state index >= 15 is 0 Å². The zero-order valence-corrected chi connectivity index (χ0v) is 28.0. The van der Waals surface area contributed by atoms with Crippen molar-refractivity contribution in [3.63, 3.8) is 0 Å². The molecule has 2 fully saturated rings. The van der Waals surface area contributed by atoms with Crippen molar-refractivity contribution in [2.24, 2.45) is 5.92 Å². The van der Waals surface area contributed by atoms with E-state index in [0.29, 0.717) is 30.6 Å². The first-order valence-corrected chi connectivity index (χ1v) is 16.8. The second-order valence-corrected chi connectivity index (χ2v) is 12.6. The van der Waals surface area contributed by atoms with Crippen molar-refractivity contribution in [1.29, 1.82) is 0 Å². The smallest absolute Gasteiger partial charge is 0.417 e. The average Bonchev–Trinajstić information content (AvgIpc) is 3.70. The molecule has 2 heterocycles. The minimum Gasteiger partial charge on any atom is -0.497 e. The Morgan fingerprint density at radius 3 is 1.74 bits per heavy atom. The van der Waals surface area contributed by atoms with Gasteiger partial charge in [0.1, 0.15) is 19.0 Å². The Kier molecular flexibility index (Phi) is 11.0. The third-order valence-electron chi connectivity index (χ3n) is 9.16. The highest BCUT2D eigenvalue weighted by molar-refractivity contribution is 6.04. The Morgan fingerprint density at radius 2 is 1.20 bits per heavy atom. The summed E-state index contributed by atoms with van der Waals surface area (Å²) in [7, 11) is 1.58. The van der Waals surface area contributed by atoms with Gasteiger partial charge in [0.15, 0.2) is 0 Å². The van der Waals surface area contributed by atoms with Gasteiger partial charge in [0.05, 0.1) is 19.2 Å². The van der Waals surface area contributed by atoms with Gasteiger partial charge < -0.3 is 14.2 Å². The molecule has 2 saturated heterocycles. The van der Waals surface area contributed by atoms with Crippen LogP contribution in [0.1, 0.15) is 28.7 Å². The Balaban J connectivity index is 1.31. The van der Waals surface area contributed by atoms with Crippen molar-refractivity contribution in [2.45, 2.75) is 44.2 Å². The minimum absolute atomic E-state index is 0.0876. The molecule has 0 radical (unpaired) electrons. The van der Waals surface area contributed by atoms with E-state index < -0.39 is 36.1 Å². The number of carbonyl (C=O) groups excluding carboxylic acids is 4. The van der Waals surface area contributed by atoms with Gasteiger partial charge in [-0.1, -0.05) is 109 Å². The Hall–Kier alpha value is -5.70. The predicted octanol–water partition coefficient (Wildman–Crippen LogP) is 6.59. The van der Waals surface area contributed by atoms with E-state index in [0.717, 1.165) is 22.3 Å². The third kappa shape index (κ3) is 8.29. The van der Waals surface area contributed by atoms with Crippen molar-refractivity contribution in [1.82, 2.24) is 9.80 Å². The monoisotopic (exact) mass is 672 g/mol. The number of cyclic esters (lactones) is 2. The van der Waals surface area contributed by atoms with Gasteiger partial charge in [-0.25, -0.2) is 19.4 Å². The number of benzene rings is 4. The summed E-state index contributed by atoms with van der Waals surface area (Å²) in [4.78, 5) is 57.3. The van der Waals surface area contributed by atoms with Gasteiger partial charge >= 0.3 is 12.2 Å². The lowest BCUT2D eigenvalue weighted by molar-refractivity contribution is -0.133. The fraction of sp³-hybridized carbons (Fsp3) is 0.268. The fourth-order valence-corrected chi connectivity index (χ4v) is 6.52. The molecule has 0 N–H and O–H groups in total. The van der Waals surface area contributed by atoms with Crippen LogP contribution in [-0.4, -0.2) is 66.2 Å². The first kappa shape index (κ1) is 34.2. The summed E-state index contributed by atoms with van der Waals surface area (Å²) >= 11 is 0. The Bertz CT molecular complexity index is 1810. The highest BCUT2D eigenvalue weighted by Crippen LogP contribution is 2.27. The van der Waals surface area contributed by atoms with Crippen LogP contribution in [-0.2, 0) is 44.7 Å². The quantitative estimate of drug-likeness (QED) is 0.148. The van der Waals surface area contributed by atoms with E-state index in [2.05, 4.69) is 0 Å². The fourth-order valence-electron chi connectivity index (χ4n) is 6.52. The third-order valence-corrected chi connectivity index (χ3v) is 9.16. The number of allylic oxidation sites excluding steroid dienone is 1. The first-order chi connectivity index (χ1) is 24.4. The number of carbonyl (C=O) groups is 4. The molecule has 6 rings (SSSR count). The molecule has 0 bridgehead atoms. The summed E-state index contributed by atoms with van der Waals surface area (Å²) in [5.41, 5.74) is 4.06. The summed E-state index contributed by atoms with van der Waals surface area (Å²) in [5, 5.41) is 0. The highest BCUT2D eigenvalue weighted by atomic mass is 16.6. The lowest BCUT2D eigenvalue weighted by Gasteiger charge is -2.25. The first-order valence-electron chi connectivity index (χ1n) is 16.8. The maximum Gasteiger partial charge on any atom is 0.417 e.